The Hall–Kier alpha value is -3.59. The highest BCUT2D eigenvalue weighted by Crippen LogP contribution is 2.57. The normalized spacial score (nSPS) is 31.7. The Bertz CT molecular complexity index is 1710. The fourth-order valence-electron chi connectivity index (χ4n) is 5.08. The molecule has 6 heterocycles. The summed E-state index contributed by atoms with van der Waals surface area (Å²) in [5, 5.41) is 31.1. The molecular weight excluding hydrogens is 569 g/mol. The monoisotopic (exact) mass is 595 g/mol. The zero-order valence-electron chi connectivity index (χ0n) is 20.9. The van der Waals surface area contributed by atoms with Gasteiger partial charge in [0.25, 0.3) is 5.56 Å². The summed E-state index contributed by atoms with van der Waals surface area (Å²) in [5.74, 6) is -0.132. The molecule has 41 heavy (non-hydrogen) atoms. The first-order valence-electron chi connectivity index (χ1n) is 12.2. The minimum absolute atomic E-state index is 0.0513. The van der Waals surface area contributed by atoms with E-state index in [4.69, 9.17) is 31.2 Å². The fourth-order valence-corrected chi connectivity index (χ4v) is 6.78. The summed E-state index contributed by atoms with van der Waals surface area (Å²) < 4.78 is 33.1. The number of fused-ring (bicyclic) bond motifs is 2. The molecule has 0 aliphatic carbocycles. The second-order valence-corrected chi connectivity index (χ2v) is 11.6. The molecule has 2 fully saturated rings. The molecule has 21 heteroatoms. The summed E-state index contributed by atoms with van der Waals surface area (Å²) >= 11 is 0. The van der Waals surface area contributed by atoms with Gasteiger partial charge in [-0.15, -0.1) is 0 Å². The van der Waals surface area contributed by atoms with E-state index >= 15 is 0 Å². The standard InChI is InChI=1S/C20H26N11O9P/c21-8-6(1-32)39-19(31-5-27-10-16(31)28-20(23)29-17(10)35)13(8)41(36,37)38-2-7-11(33)12(34)18(40-7)30-4-26-9-14(22)24-3-25-15(9)30/h3-8,11-13,18-19,32-34H,1-2,21H2,(H,36,37)(H2,22,24,25)(H3,23,28,29,35)/t6-,7-,8-,11-,12-,13-,18-,19-/m1/s1. The van der Waals surface area contributed by atoms with E-state index < -0.39 is 74.9 Å². The van der Waals surface area contributed by atoms with Crippen LogP contribution in [0, 0.1) is 0 Å². The number of aliphatic hydroxyl groups is 3. The molecule has 0 aromatic carbocycles. The van der Waals surface area contributed by atoms with Crippen molar-refractivity contribution in [2.75, 3.05) is 24.7 Å². The average molecular weight is 595 g/mol. The molecular formula is C20H26N11O9P. The average Bonchev–Trinajstić information content (AvgIpc) is 3.68. The first kappa shape index (κ1) is 27.6. The summed E-state index contributed by atoms with van der Waals surface area (Å²) in [4.78, 5) is 45.7. The van der Waals surface area contributed by atoms with Crippen molar-refractivity contribution in [1.82, 2.24) is 39.0 Å². The van der Waals surface area contributed by atoms with Crippen LogP contribution in [0.15, 0.2) is 23.8 Å². The van der Waals surface area contributed by atoms with E-state index in [2.05, 4.69) is 29.9 Å². The lowest BCUT2D eigenvalue weighted by atomic mass is 10.1. The molecule has 0 saturated carbocycles. The molecule has 4 aromatic rings. The van der Waals surface area contributed by atoms with Gasteiger partial charge in [-0.25, -0.2) is 19.9 Å². The summed E-state index contributed by atoms with van der Waals surface area (Å²) in [5.41, 5.74) is 15.9. The lowest BCUT2D eigenvalue weighted by Crippen LogP contribution is -2.42. The zero-order chi connectivity index (χ0) is 29.2. The van der Waals surface area contributed by atoms with Crippen LogP contribution < -0.4 is 22.8 Å². The van der Waals surface area contributed by atoms with Gasteiger partial charge >= 0.3 is 7.60 Å². The topological polar surface area (TPSA) is 311 Å². The largest absolute Gasteiger partial charge is 0.394 e. The van der Waals surface area contributed by atoms with Gasteiger partial charge in [-0.2, -0.15) is 4.98 Å². The number of imidazole rings is 2. The number of aliphatic hydroxyl groups excluding tert-OH is 3. The third kappa shape index (κ3) is 4.45. The van der Waals surface area contributed by atoms with E-state index in [-0.39, 0.29) is 34.1 Å². The predicted molar refractivity (Wildman–Crippen MR) is 137 cm³/mol. The molecule has 0 amide bonds. The van der Waals surface area contributed by atoms with Crippen molar-refractivity contribution in [3.8, 4) is 0 Å². The van der Waals surface area contributed by atoms with Crippen LogP contribution in [-0.4, -0.2) is 109 Å². The number of nitrogen functional groups attached to an aromatic ring is 2. The Morgan fingerprint density at radius 3 is 2.41 bits per heavy atom. The molecule has 4 aromatic heterocycles. The van der Waals surface area contributed by atoms with Crippen LogP contribution in [0.3, 0.4) is 0 Å². The molecule has 220 valence electrons. The molecule has 20 nitrogen and oxygen atoms in total. The Morgan fingerprint density at radius 1 is 1.00 bits per heavy atom. The van der Waals surface area contributed by atoms with E-state index in [1.165, 1.54) is 21.8 Å². The zero-order valence-corrected chi connectivity index (χ0v) is 21.8. The minimum atomic E-state index is -4.75. The molecule has 9 atom stereocenters. The predicted octanol–water partition coefficient (Wildman–Crippen LogP) is -3.47. The SMILES string of the molecule is Nc1nc2c(ncn2[C@@H]2O[C@H](CO)[C@@H](N)[C@H]2P(=O)(O)OC[C@H]2O[C@@H](n3cnc4c(N)ncnc43)[C@H](O)[C@@H]2O)c(=O)[nH]1. The number of ether oxygens (including phenoxy) is 2. The lowest BCUT2D eigenvalue weighted by molar-refractivity contribution is -0.0495. The van der Waals surface area contributed by atoms with Gasteiger partial charge < -0.3 is 51.4 Å². The highest BCUT2D eigenvalue weighted by molar-refractivity contribution is 7.53. The number of aromatic nitrogens is 8. The minimum Gasteiger partial charge on any atom is -0.394 e. The fraction of sp³-hybridized carbons (Fsp3) is 0.500. The van der Waals surface area contributed by atoms with Gasteiger partial charge in [0.15, 0.2) is 35.1 Å². The number of aromatic amines is 1. The van der Waals surface area contributed by atoms with Crippen molar-refractivity contribution in [3.05, 3.63) is 29.3 Å². The van der Waals surface area contributed by atoms with Crippen molar-refractivity contribution >= 4 is 41.7 Å². The van der Waals surface area contributed by atoms with Gasteiger partial charge in [0, 0.05) is 0 Å². The quantitative estimate of drug-likeness (QED) is 0.0962. The maximum absolute atomic E-state index is 13.6. The number of hydrogen-bond acceptors (Lipinski definition) is 16. The van der Waals surface area contributed by atoms with Gasteiger partial charge in [-0.05, 0) is 0 Å². The van der Waals surface area contributed by atoms with E-state index in [0.717, 1.165) is 6.33 Å². The van der Waals surface area contributed by atoms with Gasteiger partial charge in [-0.3, -0.25) is 23.5 Å². The summed E-state index contributed by atoms with van der Waals surface area (Å²) in [7, 11) is -4.75. The van der Waals surface area contributed by atoms with Crippen molar-refractivity contribution in [2.24, 2.45) is 5.73 Å². The Kier molecular flexibility index (Phi) is 6.76. The van der Waals surface area contributed by atoms with Crippen LogP contribution in [0.2, 0.25) is 0 Å². The molecule has 2 aliphatic heterocycles. The first-order valence-corrected chi connectivity index (χ1v) is 13.8. The highest BCUT2D eigenvalue weighted by Gasteiger charge is 2.55. The number of nitrogens with one attached hydrogen (secondary N) is 1. The van der Waals surface area contributed by atoms with E-state index in [0.29, 0.717) is 0 Å². The molecule has 6 rings (SSSR count). The number of anilines is 2. The highest BCUT2D eigenvalue weighted by atomic mass is 31.2. The smallest absolute Gasteiger partial charge is 0.337 e. The van der Waals surface area contributed by atoms with Crippen LogP contribution in [-0.2, 0) is 18.6 Å². The second kappa shape index (κ2) is 10.0. The van der Waals surface area contributed by atoms with E-state index in [9.17, 15) is 29.6 Å². The molecule has 0 radical (unpaired) electrons. The molecule has 2 saturated heterocycles. The number of rotatable bonds is 7. The maximum atomic E-state index is 13.6. The summed E-state index contributed by atoms with van der Waals surface area (Å²) in [6.45, 7) is -1.25. The second-order valence-electron chi connectivity index (χ2n) is 9.58. The number of nitrogens with two attached hydrogens (primary N) is 3. The van der Waals surface area contributed by atoms with Crippen molar-refractivity contribution in [2.45, 2.75) is 48.6 Å². The van der Waals surface area contributed by atoms with Gasteiger partial charge in [0.2, 0.25) is 5.95 Å². The van der Waals surface area contributed by atoms with E-state index in [1.54, 1.807) is 0 Å². The van der Waals surface area contributed by atoms with Gasteiger partial charge in [-0.1, -0.05) is 0 Å². The lowest BCUT2D eigenvalue weighted by Gasteiger charge is -2.27. The van der Waals surface area contributed by atoms with Crippen LogP contribution in [0.25, 0.3) is 22.3 Å². The molecule has 2 aliphatic rings. The van der Waals surface area contributed by atoms with E-state index in [1.807, 2.05) is 0 Å². The van der Waals surface area contributed by atoms with Crippen molar-refractivity contribution in [1.29, 1.82) is 0 Å². The number of nitrogens with zero attached hydrogens (tertiary/aromatic N) is 7. The van der Waals surface area contributed by atoms with Crippen molar-refractivity contribution < 1.29 is 38.8 Å². The Balaban J connectivity index is 1.25. The third-order valence-electron chi connectivity index (χ3n) is 7.13. The van der Waals surface area contributed by atoms with Gasteiger partial charge in [0.05, 0.1) is 38.0 Å². The van der Waals surface area contributed by atoms with Crippen molar-refractivity contribution in [3.63, 3.8) is 0 Å². The van der Waals surface area contributed by atoms with Crippen LogP contribution in [0.4, 0.5) is 11.8 Å². The number of H-pyrrole nitrogens is 1. The van der Waals surface area contributed by atoms with Crippen LogP contribution in [0.1, 0.15) is 12.5 Å². The van der Waals surface area contributed by atoms with Crippen LogP contribution >= 0.6 is 7.60 Å². The van der Waals surface area contributed by atoms with Gasteiger partial charge in [0.1, 0.15) is 35.8 Å². The summed E-state index contributed by atoms with van der Waals surface area (Å²) in [6.07, 6.45) is -4.28. The third-order valence-corrected chi connectivity index (χ3v) is 9.01. The number of hydrogen-bond donors (Lipinski definition) is 8. The Morgan fingerprint density at radius 2 is 1.68 bits per heavy atom. The first-order chi connectivity index (χ1) is 19.5. The van der Waals surface area contributed by atoms with Crippen LogP contribution in [0.5, 0.6) is 0 Å². The molecule has 1 unspecified atom stereocenters. The molecule has 0 spiro atoms. The molecule has 11 N–H and O–H groups in total. The Labute approximate surface area is 228 Å². The molecule has 0 bridgehead atoms. The summed E-state index contributed by atoms with van der Waals surface area (Å²) in [6, 6.07) is -1.21. The maximum Gasteiger partial charge on any atom is 0.337 e.